The van der Waals surface area contributed by atoms with Gasteiger partial charge in [0.05, 0.1) is 6.10 Å². The number of benzene rings is 2. The van der Waals surface area contributed by atoms with E-state index in [-0.39, 0.29) is 6.10 Å². The summed E-state index contributed by atoms with van der Waals surface area (Å²) in [6.07, 6.45) is 1.50. The van der Waals surface area contributed by atoms with Crippen molar-refractivity contribution < 1.29 is 5.11 Å². The van der Waals surface area contributed by atoms with Gasteiger partial charge in [0.15, 0.2) is 0 Å². The largest absolute Gasteiger partial charge is 0.388 e. The Kier molecular flexibility index (Phi) is 3.02. The van der Waals surface area contributed by atoms with Crippen LogP contribution in [0.1, 0.15) is 31.4 Å². The van der Waals surface area contributed by atoms with Gasteiger partial charge in [0.2, 0.25) is 0 Å². The van der Waals surface area contributed by atoms with E-state index in [2.05, 4.69) is 25.1 Å². The molecule has 0 spiro atoms. The van der Waals surface area contributed by atoms with E-state index in [0.29, 0.717) is 0 Å². The lowest BCUT2D eigenvalue weighted by Gasteiger charge is -2.12. The van der Waals surface area contributed by atoms with E-state index in [1.807, 2.05) is 24.3 Å². The third kappa shape index (κ3) is 2.02. The quantitative estimate of drug-likeness (QED) is 0.801. The van der Waals surface area contributed by atoms with Crippen molar-refractivity contribution in [1.29, 1.82) is 0 Å². The summed E-state index contributed by atoms with van der Waals surface area (Å²) in [5.41, 5.74) is 1.05. The van der Waals surface area contributed by atoms with Gasteiger partial charge in [0.25, 0.3) is 0 Å². The molecule has 0 aliphatic heterocycles. The van der Waals surface area contributed by atoms with Crippen LogP contribution in [0.2, 0.25) is 0 Å². The van der Waals surface area contributed by atoms with Crippen LogP contribution < -0.4 is 0 Å². The lowest BCUT2D eigenvalue weighted by atomic mass is 9.98. The topological polar surface area (TPSA) is 20.2 Å². The van der Waals surface area contributed by atoms with E-state index in [4.69, 9.17) is 0 Å². The molecule has 0 aliphatic carbocycles. The minimum atomic E-state index is -0.332. The number of aliphatic hydroxyl groups excluding tert-OH is 1. The molecule has 0 saturated carbocycles. The minimum Gasteiger partial charge on any atom is -0.388 e. The highest BCUT2D eigenvalue weighted by molar-refractivity contribution is 5.85. The molecule has 0 aromatic heterocycles. The van der Waals surface area contributed by atoms with Crippen molar-refractivity contribution >= 4 is 10.8 Å². The maximum absolute atomic E-state index is 10.0. The van der Waals surface area contributed by atoms with Crippen LogP contribution in [-0.2, 0) is 0 Å². The van der Waals surface area contributed by atoms with Crippen LogP contribution in [0.4, 0.5) is 0 Å². The van der Waals surface area contributed by atoms with Gasteiger partial charge >= 0.3 is 0 Å². The van der Waals surface area contributed by atoms with Gasteiger partial charge in [-0.3, -0.25) is 0 Å². The SMILES string of the molecule is CCCC(O)c1cccc2ccccc12. The summed E-state index contributed by atoms with van der Waals surface area (Å²) in [5.74, 6) is 0. The second-order valence-corrected chi connectivity index (χ2v) is 3.87. The third-order valence-corrected chi connectivity index (χ3v) is 2.74. The van der Waals surface area contributed by atoms with E-state index < -0.39 is 0 Å². The monoisotopic (exact) mass is 200 g/mol. The van der Waals surface area contributed by atoms with Crippen molar-refractivity contribution in [2.75, 3.05) is 0 Å². The van der Waals surface area contributed by atoms with Crippen molar-refractivity contribution in [2.45, 2.75) is 25.9 Å². The van der Waals surface area contributed by atoms with Crippen LogP contribution in [0.15, 0.2) is 42.5 Å². The second-order valence-electron chi connectivity index (χ2n) is 3.87. The van der Waals surface area contributed by atoms with Crippen LogP contribution >= 0.6 is 0 Å². The minimum absolute atomic E-state index is 0.332. The van der Waals surface area contributed by atoms with Gasteiger partial charge in [0.1, 0.15) is 0 Å². The fraction of sp³-hybridized carbons (Fsp3) is 0.286. The molecule has 0 heterocycles. The Labute approximate surface area is 90.4 Å². The average molecular weight is 200 g/mol. The van der Waals surface area contributed by atoms with Crippen LogP contribution in [0.5, 0.6) is 0 Å². The van der Waals surface area contributed by atoms with E-state index >= 15 is 0 Å². The van der Waals surface area contributed by atoms with Gasteiger partial charge < -0.3 is 5.11 Å². The van der Waals surface area contributed by atoms with E-state index in [0.717, 1.165) is 18.4 Å². The predicted octanol–water partition coefficient (Wildman–Crippen LogP) is 3.67. The number of fused-ring (bicyclic) bond motifs is 1. The van der Waals surface area contributed by atoms with E-state index in [1.54, 1.807) is 0 Å². The number of aliphatic hydroxyl groups is 1. The van der Waals surface area contributed by atoms with Crippen molar-refractivity contribution in [2.24, 2.45) is 0 Å². The van der Waals surface area contributed by atoms with Crippen LogP contribution in [-0.4, -0.2) is 5.11 Å². The highest BCUT2D eigenvalue weighted by Gasteiger charge is 2.08. The molecule has 1 atom stereocenters. The highest BCUT2D eigenvalue weighted by Crippen LogP contribution is 2.26. The molecule has 0 bridgehead atoms. The maximum Gasteiger partial charge on any atom is 0.0795 e. The van der Waals surface area contributed by atoms with E-state index in [9.17, 15) is 5.11 Å². The lowest BCUT2D eigenvalue weighted by Crippen LogP contribution is -1.97. The Morgan fingerprint density at radius 2 is 1.80 bits per heavy atom. The Balaban J connectivity index is 2.50. The molecular weight excluding hydrogens is 184 g/mol. The summed E-state index contributed by atoms with van der Waals surface area (Å²) in [5, 5.41) is 12.4. The third-order valence-electron chi connectivity index (χ3n) is 2.74. The zero-order valence-corrected chi connectivity index (χ0v) is 8.98. The fourth-order valence-corrected chi connectivity index (χ4v) is 1.97. The molecule has 2 aromatic rings. The molecule has 0 radical (unpaired) electrons. The van der Waals surface area contributed by atoms with E-state index in [1.165, 1.54) is 10.8 Å². The molecule has 2 rings (SSSR count). The molecule has 1 unspecified atom stereocenters. The first-order valence-corrected chi connectivity index (χ1v) is 5.48. The molecule has 15 heavy (non-hydrogen) atoms. The van der Waals surface area contributed by atoms with Gasteiger partial charge in [-0.15, -0.1) is 0 Å². The smallest absolute Gasteiger partial charge is 0.0795 e. The van der Waals surface area contributed by atoms with Crippen molar-refractivity contribution in [3.63, 3.8) is 0 Å². The summed E-state index contributed by atoms with van der Waals surface area (Å²) in [6.45, 7) is 2.09. The van der Waals surface area contributed by atoms with Gasteiger partial charge in [-0.05, 0) is 22.8 Å². The number of hydrogen-bond donors (Lipinski definition) is 1. The average Bonchev–Trinajstić information content (AvgIpc) is 2.28. The number of rotatable bonds is 3. The second kappa shape index (κ2) is 4.45. The zero-order chi connectivity index (χ0) is 10.7. The van der Waals surface area contributed by atoms with Crippen LogP contribution in [0.3, 0.4) is 0 Å². The molecule has 0 saturated heterocycles. The molecule has 0 aliphatic rings. The normalized spacial score (nSPS) is 12.9. The standard InChI is InChI=1S/C14H16O/c1-2-6-14(15)13-10-5-8-11-7-3-4-9-12(11)13/h3-5,7-10,14-15H,2,6H2,1H3. The Morgan fingerprint density at radius 1 is 1.07 bits per heavy atom. The summed E-state index contributed by atoms with van der Waals surface area (Å²) >= 11 is 0. The molecule has 2 aromatic carbocycles. The highest BCUT2D eigenvalue weighted by atomic mass is 16.3. The molecule has 78 valence electrons. The molecule has 0 amide bonds. The lowest BCUT2D eigenvalue weighted by molar-refractivity contribution is 0.168. The summed E-state index contributed by atoms with van der Waals surface area (Å²) in [4.78, 5) is 0. The summed E-state index contributed by atoms with van der Waals surface area (Å²) < 4.78 is 0. The molecule has 1 heteroatoms. The maximum atomic E-state index is 10.0. The predicted molar refractivity (Wildman–Crippen MR) is 63.8 cm³/mol. The van der Waals surface area contributed by atoms with Gasteiger partial charge in [-0.25, -0.2) is 0 Å². The first-order valence-electron chi connectivity index (χ1n) is 5.48. The van der Waals surface area contributed by atoms with Gasteiger partial charge in [-0.1, -0.05) is 55.8 Å². The molecular formula is C14H16O. The molecule has 1 N–H and O–H groups in total. The molecule has 0 fully saturated rings. The zero-order valence-electron chi connectivity index (χ0n) is 8.98. The van der Waals surface area contributed by atoms with Crippen LogP contribution in [0, 0.1) is 0 Å². The fourth-order valence-electron chi connectivity index (χ4n) is 1.97. The van der Waals surface area contributed by atoms with Crippen molar-refractivity contribution in [1.82, 2.24) is 0 Å². The van der Waals surface area contributed by atoms with Crippen LogP contribution in [0.25, 0.3) is 10.8 Å². The summed E-state index contributed by atoms with van der Waals surface area (Å²) in [7, 11) is 0. The summed E-state index contributed by atoms with van der Waals surface area (Å²) in [6, 6.07) is 14.3. The van der Waals surface area contributed by atoms with Crippen molar-refractivity contribution in [3.8, 4) is 0 Å². The first-order chi connectivity index (χ1) is 7.33. The number of hydrogen-bond acceptors (Lipinski definition) is 1. The Hall–Kier alpha value is -1.34. The first kappa shape index (κ1) is 10.2. The van der Waals surface area contributed by atoms with Gasteiger partial charge in [-0.2, -0.15) is 0 Å². The van der Waals surface area contributed by atoms with Crippen molar-refractivity contribution in [3.05, 3.63) is 48.0 Å². The Bertz CT molecular complexity index is 443. The molecule has 1 nitrogen and oxygen atoms in total. The van der Waals surface area contributed by atoms with Gasteiger partial charge in [0, 0.05) is 0 Å². The Morgan fingerprint density at radius 3 is 2.60 bits per heavy atom.